The van der Waals surface area contributed by atoms with E-state index < -0.39 is 0 Å². The van der Waals surface area contributed by atoms with E-state index in [-0.39, 0.29) is 16.9 Å². The fourth-order valence-electron chi connectivity index (χ4n) is 3.50. The quantitative estimate of drug-likeness (QED) is 0.616. The first-order chi connectivity index (χ1) is 14.2. The van der Waals surface area contributed by atoms with Gasteiger partial charge in [0.2, 0.25) is 5.43 Å². The van der Waals surface area contributed by atoms with Crippen molar-refractivity contribution >= 4 is 16.8 Å². The van der Waals surface area contributed by atoms with Crippen LogP contribution in [0.3, 0.4) is 0 Å². The second-order valence-electron chi connectivity index (χ2n) is 7.27. The van der Waals surface area contributed by atoms with Crippen LogP contribution in [0.15, 0.2) is 59.5 Å². The third-order valence-corrected chi connectivity index (χ3v) is 5.23. The molecule has 2 aromatic carbocycles. The number of fused-ring (bicyclic) bond motifs is 1. The smallest absolute Gasteiger partial charge is 0.256 e. The summed E-state index contributed by atoms with van der Waals surface area (Å²) in [5.74, 6) is 0.887. The van der Waals surface area contributed by atoms with Gasteiger partial charge in [-0.05, 0) is 49.7 Å². The van der Waals surface area contributed by atoms with Gasteiger partial charge in [-0.2, -0.15) is 0 Å². The van der Waals surface area contributed by atoms with E-state index in [1.165, 1.54) is 19.0 Å². The molecule has 6 heteroatoms. The van der Waals surface area contributed by atoms with Gasteiger partial charge in [0.05, 0.1) is 0 Å². The molecule has 150 valence electrons. The minimum absolute atomic E-state index is 0.115. The Morgan fingerprint density at radius 3 is 2.69 bits per heavy atom. The fourth-order valence-corrected chi connectivity index (χ4v) is 3.50. The average Bonchev–Trinajstić information content (AvgIpc) is 3.58. The lowest BCUT2D eigenvalue weighted by Crippen LogP contribution is -2.37. The molecule has 1 aliphatic carbocycles. The number of nitrogens with zero attached hydrogens (tertiary/aromatic N) is 1. The summed E-state index contributed by atoms with van der Waals surface area (Å²) in [6, 6.07) is 15.3. The average molecular weight is 391 g/mol. The highest BCUT2D eigenvalue weighted by molar-refractivity contribution is 5.97. The molecule has 2 N–H and O–H groups in total. The fraction of sp³-hybridized carbons (Fsp3) is 0.304. The standard InChI is InChI=1S/C23H25N3O3/c1-2-26(16-8-9-16)13-12-24-23(28)20-15-25-21-11-10-18(14-19(21)22(20)27)29-17-6-4-3-5-7-17/h3-7,10-11,14-16H,2,8-9,12-13H2,1H3,(H,24,28)(H,25,27). The number of para-hydroxylation sites is 1. The maximum atomic E-state index is 12.9. The van der Waals surface area contributed by atoms with Gasteiger partial charge < -0.3 is 15.0 Å². The molecule has 29 heavy (non-hydrogen) atoms. The van der Waals surface area contributed by atoms with Crippen molar-refractivity contribution in [2.75, 3.05) is 19.6 Å². The van der Waals surface area contributed by atoms with Crippen LogP contribution in [0.1, 0.15) is 30.1 Å². The summed E-state index contributed by atoms with van der Waals surface area (Å²) in [6.07, 6.45) is 3.95. The number of amides is 1. The Morgan fingerprint density at radius 2 is 1.97 bits per heavy atom. The third-order valence-electron chi connectivity index (χ3n) is 5.23. The summed E-state index contributed by atoms with van der Waals surface area (Å²) >= 11 is 0. The molecule has 0 atom stereocenters. The third kappa shape index (κ3) is 4.49. The Hall–Kier alpha value is -3.12. The van der Waals surface area contributed by atoms with Gasteiger partial charge in [0.25, 0.3) is 5.91 Å². The number of H-pyrrole nitrogens is 1. The molecule has 0 saturated heterocycles. The topological polar surface area (TPSA) is 74.4 Å². The number of hydrogen-bond acceptors (Lipinski definition) is 4. The first-order valence-corrected chi connectivity index (χ1v) is 10.1. The molecule has 3 aromatic rings. The van der Waals surface area contributed by atoms with Gasteiger partial charge in [-0.15, -0.1) is 0 Å². The molecule has 0 unspecified atom stereocenters. The second kappa shape index (κ2) is 8.49. The predicted molar refractivity (Wildman–Crippen MR) is 114 cm³/mol. The van der Waals surface area contributed by atoms with Crippen molar-refractivity contribution in [1.82, 2.24) is 15.2 Å². The number of carbonyl (C=O) groups excluding carboxylic acids is 1. The summed E-state index contributed by atoms with van der Waals surface area (Å²) in [5, 5.41) is 3.30. The molecule has 1 aromatic heterocycles. The molecule has 0 radical (unpaired) electrons. The first kappa shape index (κ1) is 19.2. The highest BCUT2D eigenvalue weighted by atomic mass is 16.5. The van der Waals surface area contributed by atoms with E-state index in [1.807, 2.05) is 30.3 Å². The maximum absolute atomic E-state index is 12.9. The van der Waals surface area contributed by atoms with Crippen LogP contribution in [0.4, 0.5) is 0 Å². The molecule has 1 heterocycles. The highest BCUT2D eigenvalue weighted by Crippen LogP contribution is 2.26. The minimum atomic E-state index is -0.352. The van der Waals surface area contributed by atoms with E-state index >= 15 is 0 Å². The molecule has 6 nitrogen and oxygen atoms in total. The number of benzene rings is 2. The Morgan fingerprint density at radius 1 is 1.17 bits per heavy atom. The number of rotatable bonds is 8. The zero-order chi connectivity index (χ0) is 20.2. The van der Waals surface area contributed by atoms with E-state index in [0.29, 0.717) is 35.0 Å². The van der Waals surface area contributed by atoms with Crippen LogP contribution >= 0.6 is 0 Å². The van der Waals surface area contributed by atoms with Crippen molar-refractivity contribution in [1.29, 1.82) is 0 Å². The van der Waals surface area contributed by atoms with Crippen molar-refractivity contribution in [3.05, 3.63) is 70.5 Å². The molecule has 4 rings (SSSR count). The molecule has 0 aliphatic heterocycles. The van der Waals surface area contributed by atoms with E-state index in [1.54, 1.807) is 18.2 Å². The van der Waals surface area contributed by atoms with Crippen LogP contribution in [0.2, 0.25) is 0 Å². The van der Waals surface area contributed by atoms with Crippen LogP contribution in [0.5, 0.6) is 11.5 Å². The van der Waals surface area contributed by atoms with Crippen LogP contribution in [-0.4, -0.2) is 41.5 Å². The molecule has 1 aliphatic rings. The summed E-state index contributed by atoms with van der Waals surface area (Å²) < 4.78 is 5.81. The molecule has 1 fully saturated rings. The van der Waals surface area contributed by atoms with Gasteiger partial charge in [-0.25, -0.2) is 0 Å². The summed E-state index contributed by atoms with van der Waals surface area (Å²) in [6.45, 7) is 4.43. The van der Waals surface area contributed by atoms with Crippen molar-refractivity contribution < 1.29 is 9.53 Å². The van der Waals surface area contributed by atoms with E-state index in [2.05, 4.69) is 22.1 Å². The van der Waals surface area contributed by atoms with Crippen molar-refractivity contribution in [3.63, 3.8) is 0 Å². The van der Waals surface area contributed by atoms with Gasteiger partial charge in [-0.3, -0.25) is 14.5 Å². The number of pyridine rings is 1. The Kier molecular flexibility index (Phi) is 5.62. The summed E-state index contributed by atoms with van der Waals surface area (Å²) in [5.41, 5.74) is 0.478. The van der Waals surface area contributed by atoms with E-state index in [0.717, 1.165) is 13.1 Å². The highest BCUT2D eigenvalue weighted by Gasteiger charge is 2.27. The largest absolute Gasteiger partial charge is 0.457 e. The number of ether oxygens (including phenoxy) is 1. The Labute approximate surface area is 169 Å². The SMILES string of the molecule is CCN(CCNC(=O)c1c[nH]c2ccc(Oc3ccccc3)cc2c1=O)C1CC1. The maximum Gasteiger partial charge on any atom is 0.256 e. The molecule has 0 spiro atoms. The van der Waals surface area contributed by atoms with Gasteiger partial charge in [-0.1, -0.05) is 25.1 Å². The zero-order valence-corrected chi connectivity index (χ0v) is 16.5. The van der Waals surface area contributed by atoms with Gasteiger partial charge in [0.1, 0.15) is 17.1 Å². The molecule has 1 saturated carbocycles. The van der Waals surface area contributed by atoms with E-state index in [9.17, 15) is 9.59 Å². The lowest BCUT2D eigenvalue weighted by molar-refractivity contribution is 0.0946. The second-order valence-corrected chi connectivity index (χ2v) is 7.27. The van der Waals surface area contributed by atoms with Crippen molar-refractivity contribution in [3.8, 4) is 11.5 Å². The number of carbonyl (C=O) groups is 1. The Balaban J connectivity index is 1.49. The number of aromatic nitrogens is 1. The van der Waals surface area contributed by atoms with Gasteiger partial charge in [0, 0.05) is 36.2 Å². The summed E-state index contributed by atoms with van der Waals surface area (Å²) in [7, 11) is 0. The molecular weight excluding hydrogens is 366 g/mol. The Bertz CT molecular complexity index is 1060. The van der Waals surface area contributed by atoms with E-state index in [4.69, 9.17) is 4.74 Å². The predicted octanol–water partition coefficient (Wildman–Crippen LogP) is 3.53. The van der Waals surface area contributed by atoms with Crippen LogP contribution in [-0.2, 0) is 0 Å². The lowest BCUT2D eigenvalue weighted by atomic mass is 10.1. The number of hydrogen-bond donors (Lipinski definition) is 2. The molecular formula is C23H25N3O3. The van der Waals surface area contributed by atoms with Crippen LogP contribution < -0.4 is 15.5 Å². The van der Waals surface area contributed by atoms with Crippen molar-refractivity contribution in [2.24, 2.45) is 0 Å². The minimum Gasteiger partial charge on any atom is -0.457 e. The molecule has 1 amide bonds. The monoisotopic (exact) mass is 391 g/mol. The van der Waals surface area contributed by atoms with Crippen LogP contribution in [0.25, 0.3) is 10.9 Å². The normalized spacial score (nSPS) is 13.6. The first-order valence-electron chi connectivity index (χ1n) is 10.1. The van der Waals surface area contributed by atoms with Gasteiger partial charge in [0.15, 0.2) is 0 Å². The number of likely N-dealkylation sites (N-methyl/N-ethyl adjacent to an activating group) is 1. The number of aromatic amines is 1. The van der Waals surface area contributed by atoms with Gasteiger partial charge >= 0.3 is 0 Å². The molecule has 0 bridgehead atoms. The summed E-state index contributed by atoms with van der Waals surface area (Å²) in [4.78, 5) is 30.9. The zero-order valence-electron chi connectivity index (χ0n) is 16.5. The lowest BCUT2D eigenvalue weighted by Gasteiger charge is -2.19. The van der Waals surface area contributed by atoms with Crippen molar-refractivity contribution in [2.45, 2.75) is 25.8 Å². The number of nitrogens with one attached hydrogen (secondary N) is 2. The van der Waals surface area contributed by atoms with Crippen LogP contribution in [0, 0.1) is 0 Å².